The van der Waals surface area contributed by atoms with Gasteiger partial charge in [-0.25, -0.2) is 8.42 Å². The molecule has 0 saturated heterocycles. The minimum atomic E-state index is -4.25. The molecule has 11 heteroatoms. The lowest BCUT2D eigenvalue weighted by Gasteiger charge is -2.34. The first-order chi connectivity index (χ1) is 21.0. The number of hydrogen-bond acceptors (Lipinski definition) is 4. The Labute approximate surface area is 273 Å². The molecule has 4 aromatic rings. The molecule has 0 fully saturated rings. The quantitative estimate of drug-likeness (QED) is 0.176. The summed E-state index contributed by atoms with van der Waals surface area (Å²) in [6.07, 6.45) is 0.185. The first-order valence-corrected chi connectivity index (χ1v) is 16.4. The van der Waals surface area contributed by atoms with Crippen LogP contribution in [0.1, 0.15) is 25.0 Å². The first kappa shape index (κ1) is 33.3. The Morgan fingerprint density at radius 2 is 1.36 bits per heavy atom. The molecule has 0 aliphatic carbocycles. The molecule has 0 bridgehead atoms. The Hall–Kier alpha value is -3.56. The highest BCUT2D eigenvalue weighted by atomic mass is 35.5. The minimum Gasteiger partial charge on any atom is -0.352 e. The van der Waals surface area contributed by atoms with Gasteiger partial charge < -0.3 is 10.2 Å². The smallest absolute Gasteiger partial charge is 0.264 e. The summed E-state index contributed by atoms with van der Waals surface area (Å²) in [6.45, 7) is 2.99. The number of carbonyl (C=O) groups excluding carboxylic acids is 2. The standard InChI is InChI=1S/C33H32Cl3N3O4S/c1-23(2)37-33(41)31(20-24-11-5-3-6-12-24)38(21-25-17-18-27(34)29(36)19-25)32(40)22-39(30-16-10-9-15-28(30)35)44(42,43)26-13-7-4-8-14-26/h3-19,23,31H,20-22H2,1-2H3,(H,37,41)/t31-/m0/s1. The Morgan fingerprint density at radius 3 is 1.98 bits per heavy atom. The zero-order valence-corrected chi connectivity index (χ0v) is 27.2. The van der Waals surface area contributed by atoms with Crippen LogP contribution in [0, 0.1) is 0 Å². The number of benzene rings is 4. The number of sulfonamides is 1. The zero-order chi connectivity index (χ0) is 31.9. The number of anilines is 1. The van der Waals surface area contributed by atoms with Gasteiger partial charge in [0.25, 0.3) is 10.0 Å². The lowest BCUT2D eigenvalue weighted by Crippen LogP contribution is -2.54. The van der Waals surface area contributed by atoms with Crippen molar-refractivity contribution >= 4 is 62.3 Å². The summed E-state index contributed by atoms with van der Waals surface area (Å²) in [4.78, 5) is 29.5. The predicted molar refractivity (Wildman–Crippen MR) is 177 cm³/mol. The number of halogens is 3. The van der Waals surface area contributed by atoms with Crippen LogP contribution < -0.4 is 9.62 Å². The average Bonchev–Trinajstić information content (AvgIpc) is 3.00. The lowest BCUT2D eigenvalue weighted by molar-refractivity contribution is -0.140. The second kappa shape index (κ2) is 14.9. The fourth-order valence-electron chi connectivity index (χ4n) is 4.66. The topological polar surface area (TPSA) is 86.8 Å². The summed E-state index contributed by atoms with van der Waals surface area (Å²) in [5, 5.41) is 3.69. The maximum absolute atomic E-state index is 14.4. The summed E-state index contributed by atoms with van der Waals surface area (Å²) >= 11 is 19.0. The molecule has 1 N–H and O–H groups in total. The molecule has 0 unspecified atom stereocenters. The van der Waals surface area contributed by atoms with Gasteiger partial charge >= 0.3 is 0 Å². The maximum atomic E-state index is 14.4. The van der Waals surface area contributed by atoms with Crippen LogP contribution in [0.15, 0.2) is 108 Å². The Balaban J connectivity index is 1.82. The van der Waals surface area contributed by atoms with Crippen molar-refractivity contribution in [2.24, 2.45) is 0 Å². The van der Waals surface area contributed by atoms with Crippen molar-refractivity contribution < 1.29 is 18.0 Å². The molecular weight excluding hydrogens is 641 g/mol. The second-order valence-corrected chi connectivity index (χ2v) is 13.5. The van der Waals surface area contributed by atoms with Crippen LogP contribution in [0.4, 0.5) is 5.69 Å². The van der Waals surface area contributed by atoms with E-state index in [0.29, 0.717) is 10.6 Å². The van der Waals surface area contributed by atoms with Crippen molar-refractivity contribution in [1.29, 1.82) is 0 Å². The SMILES string of the molecule is CC(C)NC(=O)[C@H](Cc1ccccc1)N(Cc1ccc(Cl)c(Cl)c1)C(=O)CN(c1ccccc1Cl)S(=O)(=O)c1ccccc1. The van der Waals surface area contributed by atoms with Gasteiger partial charge in [0.15, 0.2) is 0 Å². The van der Waals surface area contributed by atoms with Crippen LogP contribution in [0.3, 0.4) is 0 Å². The van der Waals surface area contributed by atoms with Gasteiger partial charge in [-0.2, -0.15) is 0 Å². The largest absolute Gasteiger partial charge is 0.352 e. The van der Waals surface area contributed by atoms with E-state index >= 15 is 0 Å². The van der Waals surface area contributed by atoms with Crippen molar-refractivity contribution in [3.63, 3.8) is 0 Å². The van der Waals surface area contributed by atoms with Gasteiger partial charge in [-0.1, -0.05) is 102 Å². The number of rotatable bonds is 12. The highest BCUT2D eigenvalue weighted by Gasteiger charge is 2.35. The molecule has 1 atom stereocenters. The molecular formula is C33H32Cl3N3O4S. The molecule has 230 valence electrons. The maximum Gasteiger partial charge on any atom is 0.264 e. The second-order valence-electron chi connectivity index (χ2n) is 10.4. The zero-order valence-electron chi connectivity index (χ0n) is 24.2. The summed E-state index contributed by atoms with van der Waals surface area (Å²) in [7, 11) is -4.25. The molecule has 0 aromatic heterocycles. The van der Waals surface area contributed by atoms with Gasteiger partial charge in [-0.3, -0.25) is 13.9 Å². The van der Waals surface area contributed by atoms with E-state index in [1.54, 1.807) is 54.6 Å². The molecule has 4 aromatic carbocycles. The highest BCUT2D eigenvalue weighted by molar-refractivity contribution is 7.92. The summed E-state index contributed by atoms with van der Waals surface area (Å²) < 4.78 is 29.0. The third-order valence-electron chi connectivity index (χ3n) is 6.77. The first-order valence-electron chi connectivity index (χ1n) is 13.9. The van der Waals surface area contributed by atoms with Crippen LogP contribution in [0.5, 0.6) is 0 Å². The van der Waals surface area contributed by atoms with Crippen molar-refractivity contribution in [3.05, 3.63) is 129 Å². The lowest BCUT2D eigenvalue weighted by atomic mass is 10.0. The number of hydrogen-bond donors (Lipinski definition) is 1. The molecule has 44 heavy (non-hydrogen) atoms. The van der Waals surface area contributed by atoms with Crippen molar-refractivity contribution in [2.75, 3.05) is 10.8 Å². The van der Waals surface area contributed by atoms with Crippen LogP contribution in [-0.4, -0.2) is 43.8 Å². The van der Waals surface area contributed by atoms with Gasteiger partial charge in [-0.05, 0) is 61.4 Å². The van der Waals surface area contributed by atoms with Crippen LogP contribution >= 0.6 is 34.8 Å². The number of nitrogens with zero attached hydrogens (tertiary/aromatic N) is 2. The Kier molecular flexibility index (Phi) is 11.3. The summed E-state index contributed by atoms with van der Waals surface area (Å²) in [5.41, 5.74) is 1.56. The summed E-state index contributed by atoms with van der Waals surface area (Å²) in [6, 6.07) is 27.2. The minimum absolute atomic E-state index is 0.0119. The van der Waals surface area contributed by atoms with Crippen molar-refractivity contribution in [1.82, 2.24) is 10.2 Å². The van der Waals surface area contributed by atoms with Gasteiger partial charge in [0.1, 0.15) is 12.6 Å². The highest BCUT2D eigenvalue weighted by Crippen LogP contribution is 2.31. The van der Waals surface area contributed by atoms with Gasteiger partial charge in [0.05, 0.1) is 25.7 Å². The molecule has 0 radical (unpaired) electrons. The molecule has 4 rings (SSSR count). The summed E-state index contributed by atoms with van der Waals surface area (Å²) in [5.74, 6) is -0.997. The molecule has 0 aliphatic heterocycles. The van der Waals surface area contributed by atoms with E-state index in [4.69, 9.17) is 34.8 Å². The molecule has 7 nitrogen and oxygen atoms in total. The van der Waals surface area contributed by atoms with Crippen LogP contribution in [0.25, 0.3) is 0 Å². The molecule has 0 heterocycles. The van der Waals surface area contributed by atoms with Crippen molar-refractivity contribution in [2.45, 2.75) is 43.8 Å². The molecule has 0 spiro atoms. The van der Waals surface area contributed by atoms with Crippen LogP contribution in [0.2, 0.25) is 15.1 Å². The van der Waals surface area contributed by atoms with E-state index in [2.05, 4.69) is 5.32 Å². The normalized spacial score (nSPS) is 12.0. The Morgan fingerprint density at radius 1 is 0.750 bits per heavy atom. The predicted octanol–water partition coefficient (Wildman–Crippen LogP) is 7.01. The van der Waals surface area contributed by atoms with E-state index < -0.39 is 28.5 Å². The molecule has 0 aliphatic rings. The third-order valence-corrected chi connectivity index (χ3v) is 9.60. The number of carbonyl (C=O) groups is 2. The monoisotopic (exact) mass is 671 g/mol. The fraction of sp³-hybridized carbons (Fsp3) is 0.212. The van der Waals surface area contributed by atoms with E-state index in [-0.39, 0.29) is 45.5 Å². The molecule has 2 amide bonds. The van der Waals surface area contributed by atoms with E-state index in [1.165, 1.54) is 23.1 Å². The van der Waals surface area contributed by atoms with Crippen LogP contribution in [-0.2, 0) is 32.6 Å². The third kappa shape index (κ3) is 8.33. The average molecular weight is 673 g/mol. The van der Waals surface area contributed by atoms with E-state index in [1.807, 2.05) is 44.2 Å². The fourth-order valence-corrected chi connectivity index (χ4v) is 6.72. The number of amides is 2. The number of para-hydroxylation sites is 1. The van der Waals surface area contributed by atoms with E-state index in [9.17, 15) is 18.0 Å². The van der Waals surface area contributed by atoms with Gasteiger partial charge in [-0.15, -0.1) is 0 Å². The van der Waals surface area contributed by atoms with Crippen molar-refractivity contribution in [3.8, 4) is 0 Å². The Bertz CT molecular complexity index is 1700. The van der Waals surface area contributed by atoms with Gasteiger partial charge in [0, 0.05) is 19.0 Å². The number of nitrogens with one attached hydrogen (secondary N) is 1. The van der Waals surface area contributed by atoms with E-state index in [0.717, 1.165) is 9.87 Å². The van der Waals surface area contributed by atoms with Gasteiger partial charge in [0.2, 0.25) is 11.8 Å². The molecule has 0 saturated carbocycles.